The van der Waals surface area contributed by atoms with Crippen molar-refractivity contribution in [1.82, 2.24) is 10.6 Å². The Bertz CT molecular complexity index is 438. The lowest BCUT2D eigenvalue weighted by Gasteiger charge is -2.13. The molecule has 1 amide bonds. The maximum atomic E-state index is 11.7. The summed E-state index contributed by atoms with van der Waals surface area (Å²) in [5.41, 5.74) is 0.897. The lowest BCUT2D eigenvalue weighted by Crippen LogP contribution is -2.29. The van der Waals surface area contributed by atoms with Gasteiger partial charge in [-0.15, -0.1) is 0 Å². The second-order valence-electron chi connectivity index (χ2n) is 4.89. The topological polar surface area (TPSA) is 50.4 Å². The largest absolute Gasteiger partial charge is 0.483 e. The van der Waals surface area contributed by atoms with Crippen molar-refractivity contribution in [3.05, 3.63) is 28.8 Å². The van der Waals surface area contributed by atoms with E-state index in [1.165, 1.54) is 0 Å². The number of hydrogen-bond donors (Lipinski definition) is 2. The molecule has 0 aliphatic heterocycles. The average Bonchev–Trinajstić information content (AvgIpc) is 2.48. The summed E-state index contributed by atoms with van der Waals surface area (Å²) in [6, 6.07) is 5.50. The fraction of sp³-hybridized carbons (Fsp3) is 0.562. The van der Waals surface area contributed by atoms with E-state index in [9.17, 15) is 4.79 Å². The third-order valence-electron chi connectivity index (χ3n) is 3.02. The third kappa shape index (κ3) is 6.82. The lowest BCUT2D eigenvalue weighted by atomic mass is 10.2. The van der Waals surface area contributed by atoms with Gasteiger partial charge in [-0.05, 0) is 31.5 Å². The molecule has 0 aromatic heterocycles. The molecule has 4 nitrogen and oxygen atoms in total. The van der Waals surface area contributed by atoms with Gasteiger partial charge in [-0.25, -0.2) is 0 Å². The Morgan fingerprint density at radius 2 is 2.05 bits per heavy atom. The van der Waals surface area contributed by atoms with Crippen LogP contribution in [0.5, 0.6) is 5.75 Å². The summed E-state index contributed by atoms with van der Waals surface area (Å²) in [7, 11) is 0. The second kappa shape index (κ2) is 10.5. The Morgan fingerprint density at radius 3 is 2.76 bits per heavy atom. The van der Waals surface area contributed by atoms with Gasteiger partial charge in [0, 0.05) is 23.7 Å². The molecule has 0 unspecified atom stereocenters. The van der Waals surface area contributed by atoms with Gasteiger partial charge in [-0.3, -0.25) is 4.79 Å². The zero-order chi connectivity index (χ0) is 15.5. The van der Waals surface area contributed by atoms with E-state index in [0.717, 1.165) is 31.4 Å². The molecule has 0 aliphatic rings. The molecule has 0 heterocycles. The minimum Gasteiger partial charge on any atom is -0.483 e. The second-order valence-corrected chi connectivity index (χ2v) is 5.29. The van der Waals surface area contributed by atoms with Crippen molar-refractivity contribution in [1.29, 1.82) is 0 Å². The number of amides is 1. The number of unbranched alkanes of at least 4 members (excludes halogenated alkanes) is 1. The first kappa shape index (κ1) is 17.8. The summed E-state index contributed by atoms with van der Waals surface area (Å²) in [6.45, 7) is 6.47. The molecule has 0 atom stereocenters. The van der Waals surface area contributed by atoms with Gasteiger partial charge >= 0.3 is 0 Å². The molecule has 5 heteroatoms. The van der Waals surface area contributed by atoms with Crippen molar-refractivity contribution in [3.63, 3.8) is 0 Å². The van der Waals surface area contributed by atoms with Crippen LogP contribution in [0.25, 0.3) is 0 Å². The molecule has 0 saturated heterocycles. The fourth-order valence-corrected chi connectivity index (χ4v) is 2.07. The Morgan fingerprint density at radius 1 is 1.24 bits per heavy atom. The summed E-state index contributed by atoms with van der Waals surface area (Å²) in [5, 5.41) is 6.78. The van der Waals surface area contributed by atoms with E-state index in [0.29, 0.717) is 23.9 Å². The molecular weight excluding hydrogens is 288 g/mol. The van der Waals surface area contributed by atoms with Crippen LogP contribution < -0.4 is 15.4 Å². The van der Waals surface area contributed by atoms with E-state index in [-0.39, 0.29) is 12.5 Å². The van der Waals surface area contributed by atoms with Gasteiger partial charge in [0.1, 0.15) is 5.75 Å². The van der Waals surface area contributed by atoms with Gasteiger partial charge < -0.3 is 15.4 Å². The molecule has 0 bridgehead atoms. The Balaban J connectivity index is 2.53. The third-order valence-corrected chi connectivity index (χ3v) is 3.37. The summed E-state index contributed by atoms with van der Waals surface area (Å²) in [5.74, 6) is 0.563. The van der Waals surface area contributed by atoms with Crippen molar-refractivity contribution >= 4 is 17.5 Å². The van der Waals surface area contributed by atoms with Crippen LogP contribution in [0.3, 0.4) is 0 Å². The Labute approximate surface area is 132 Å². The molecule has 1 aromatic rings. The first-order valence-electron chi connectivity index (χ1n) is 7.56. The van der Waals surface area contributed by atoms with Crippen LogP contribution in [-0.4, -0.2) is 25.6 Å². The van der Waals surface area contributed by atoms with Crippen molar-refractivity contribution in [2.75, 3.05) is 19.7 Å². The van der Waals surface area contributed by atoms with Crippen molar-refractivity contribution in [2.24, 2.45) is 0 Å². The van der Waals surface area contributed by atoms with E-state index >= 15 is 0 Å². The average molecular weight is 313 g/mol. The number of benzene rings is 1. The molecule has 0 saturated carbocycles. The van der Waals surface area contributed by atoms with Gasteiger partial charge in [-0.2, -0.15) is 0 Å². The van der Waals surface area contributed by atoms with Crippen LogP contribution in [0.2, 0.25) is 5.02 Å². The molecule has 0 fully saturated rings. The van der Waals surface area contributed by atoms with Crippen molar-refractivity contribution in [2.45, 2.75) is 39.7 Å². The molecule has 1 aromatic carbocycles. The highest BCUT2D eigenvalue weighted by molar-refractivity contribution is 6.31. The van der Waals surface area contributed by atoms with Crippen molar-refractivity contribution < 1.29 is 9.53 Å². The molecule has 2 N–H and O–H groups in total. The summed E-state index contributed by atoms with van der Waals surface area (Å²) in [6.07, 6.45) is 3.10. The van der Waals surface area contributed by atoms with E-state index < -0.39 is 0 Å². The Hall–Kier alpha value is -1.26. The van der Waals surface area contributed by atoms with Crippen LogP contribution in [0, 0.1) is 0 Å². The molecule has 0 radical (unpaired) electrons. The number of halogens is 1. The molecule has 1 rings (SSSR count). The minimum atomic E-state index is -0.101. The van der Waals surface area contributed by atoms with Crippen LogP contribution in [-0.2, 0) is 11.3 Å². The maximum Gasteiger partial charge on any atom is 0.257 e. The van der Waals surface area contributed by atoms with E-state index in [1.807, 2.05) is 18.2 Å². The maximum absolute atomic E-state index is 11.7. The van der Waals surface area contributed by atoms with Crippen molar-refractivity contribution in [3.8, 4) is 5.75 Å². The summed E-state index contributed by atoms with van der Waals surface area (Å²) >= 11 is 6.21. The monoisotopic (exact) mass is 312 g/mol. The van der Waals surface area contributed by atoms with Crippen LogP contribution in [0.15, 0.2) is 18.2 Å². The molecule has 0 aliphatic carbocycles. The number of carbonyl (C=O) groups excluding carboxylic acids is 1. The van der Waals surface area contributed by atoms with Gasteiger partial charge in [-0.1, -0.05) is 37.9 Å². The fourth-order valence-electron chi connectivity index (χ4n) is 1.83. The number of ether oxygens (including phenoxy) is 1. The number of hydrogen-bond acceptors (Lipinski definition) is 3. The predicted octanol–water partition coefficient (Wildman–Crippen LogP) is 3.13. The molecule has 118 valence electrons. The zero-order valence-electron chi connectivity index (χ0n) is 12.9. The highest BCUT2D eigenvalue weighted by atomic mass is 35.5. The van der Waals surface area contributed by atoms with Gasteiger partial charge in [0.25, 0.3) is 5.91 Å². The number of nitrogens with one attached hydrogen (secondary N) is 2. The zero-order valence-corrected chi connectivity index (χ0v) is 13.6. The van der Waals surface area contributed by atoms with E-state index in [4.69, 9.17) is 16.3 Å². The molecular formula is C16H25ClN2O2. The van der Waals surface area contributed by atoms with Crippen LogP contribution in [0.1, 0.15) is 38.7 Å². The van der Waals surface area contributed by atoms with Crippen LogP contribution in [0.4, 0.5) is 0 Å². The molecule has 0 spiro atoms. The smallest absolute Gasteiger partial charge is 0.257 e. The summed E-state index contributed by atoms with van der Waals surface area (Å²) < 4.78 is 5.60. The number of rotatable bonds is 10. The van der Waals surface area contributed by atoms with Crippen LogP contribution >= 0.6 is 11.6 Å². The predicted molar refractivity (Wildman–Crippen MR) is 86.9 cm³/mol. The quantitative estimate of drug-likeness (QED) is 0.653. The lowest BCUT2D eigenvalue weighted by molar-refractivity contribution is -0.123. The first-order valence-corrected chi connectivity index (χ1v) is 7.94. The first-order chi connectivity index (χ1) is 10.2. The SMILES string of the molecule is CCCCNC(=O)COc1cccc(Cl)c1CNCCC. The van der Waals surface area contributed by atoms with E-state index in [2.05, 4.69) is 24.5 Å². The van der Waals surface area contributed by atoms with Gasteiger partial charge in [0.05, 0.1) is 0 Å². The van der Waals surface area contributed by atoms with E-state index in [1.54, 1.807) is 0 Å². The molecule has 21 heavy (non-hydrogen) atoms. The number of carbonyl (C=O) groups is 1. The van der Waals surface area contributed by atoms with Gasteiger partial charge in [0.2, 0.25) is 0 Å². The van der Waals surface area contributed by atoms with Gasteiger partial charge in [0.15, 0.2) is 6.61 Å². The summed E-state index contributed by atoms with van der Waals surface area (Å²) in [4.78, 5) is 11.7. The Kier molecular flexibility index (Phi) is 8.87. The minimum absolute atomic E-state index is 0.0187. The highest BCUT2D eigenvalue weighted by Gasteiger charge is 2.09. The normalized spacial score (nSPS) is 10.4. The standard InChI is InChI=1S/C16H25ClN2O2/c1-3-5-10-19-16(20)12-21-15-8-6-7-14(17)13(15)11-18-9-4-2/h6-8,18H,3-5,9-12H2,1-2H3,(H,19,20). The highest BCUT2D eigenvalue weighted by Crippen LogP contribution is 2.26.